The number of amides is 1. The third kappa shape index (κ3) is 11.5. The van der Waals surface area contributed by atoms with Crippen LogP contribution in [-0.2, 0) is 15.9 Å². The summed E-state index contributed by atoms with van der Waals surface area (Å²) in [6.45, 7) is 7.48. The van der Waals surface area contributed by atoms with Crippen LogP contribution in [-0.4, -0.2) is 80.1 Å². The highest BCUT2D eigenvalue weighted by Gasteiger charge is 2.08. The number of carbonyl (C=O) groups is 1. The van der Waals surface area contributed by atoms with Crippen LogP contribution in [0, 0.1) is 0 Å². The number of benzene rings is 2. The van der Waals surface area contributed by atoms with Crippen molar-refractivity contribution in [2.24, 2.45) is 0 Å². The van der Waals surface area contributed by atoms with Gasteiger partial charge in [0, 0.05) is 31.2 Å². The minimum atomic E-state index is -0.109. The molecule has 0 saturated carbocycles. The molecule has 11 nitrogen and oxygen atoms in total. The maximum absolute atomic E-state index is 12.0. The number of aromatic nitrogens is 3. The highest BCUT2D eigenvalue weighted by atomic mass is 16.5. The molecule has 0 aliphatic rings. The molecule has 1 aromatic heterocycles. The Morgan fingerprint density at radius 1 is 0.769 bits per heavy atom. The van der Waals surface area contributed by atoms with Gasteiger partial charge >= 0.3 is 0 Å². The van der Waals surface area contributed by atoms with Crippen LogP contribution in [0.5, 0.6) is 5.75 Å². The molecule has 0 atom stereocenters. The fraction of sp³-hybridized carbons (Fsp3) is 0.429. The van der Waals surface area contributed by atoms with E-state index in [1.165, 1.54) is 5.56 Å². The van der Waals surface area contributed by atoms with Crippen LogP contribution in [0.1, 0.15) is 29.8 Å². The SMILES string of the molecule is COc1ccc(CCNc2nc(NCCOCCOCCNC(=O)c3ccccc3)nc(NC(C)C)n2)cc1. The van der Waals surface area contributed by atoms with Gasteiger partial charge < -0.3 is 35.5 Å². The molecule has 39 heavy (non-hydrogen) atoms. The molecule has 4 N–H and O–H groups in total. The lowest BCUT2D eigenvalue weighted by Gasteiger charge is -2.13. The topological polar surface area (TPSA) is 132 Å². The van der Waals surface area contributed by atoms with E-state index in [1.807, 2.05) is 56.3 Å². The fourth-order valence-corrected chi connectivity index (χ4v) is 3.45. The Morgan fingerprint density at radius 3 is 2.03 bits per heavy atom. The minimum absolute atomic E-state index is 0.109. The number of hydrogen-bond acceptors (Lipinski definition) is 10. The van der Waals surface area contributed by atoms with Crippen molar-refractivity contribution in [1.29, 1.82) is 0 Å². The second-order valence-corrected chi connectivity index (χ2v) is 8.90. The summed E-state index contributed by atoms with van der Waals surface area (Å²) in [4.78, 5) is 25.4. The van der Waals surface area contributed by atoms with Crippen LogP contribution in [0.15, 0.2) is 54.6 Å². The van der Waals surface area contributed by atoms with E-state index < -0.39 is 0 Å². The molecule has 0 bridgehead atoms. The Bertz CT molecular complexity index is 1110. The van der Waals surface area contributed by atoms with Crippen molar-refractivity contribution in [1.82, 2.24) is 20.3 Å². The van der Waals surface area contributed by atoms with E-state index >= 15 is 0 Å². The number of hydrogen-bond donors (Lipinski definition) is 4. The third-order valence-corrected chi connectivity index (χ3v) is 5.38. The largest absolute Gasteiger partial charge is 0.497 e. The first kappa shape index (κ1) is 29.6. The second-order valence-electron chi connectivity index (χ2n) is 8.90. The number of methoxy groups -OCH3 is 1. The highest BCUT2D eigenvalue weighted by Crippen LogP contribution is 2.13. The van der Waals surface area contributed by atoms with Gasteiger partial charge in [-0.3, -0.25) is 4.79 Å². The molecule has 0 aliphatic heterocycles. The van der Waals surface area contributed by atoms with Crippen LogP contribution < -0.4 is 26.0 Å². The summed E-state index contributed by atoms with van der Waals surface area (Å²) in [5.41, 5.74) is 1.82. The first-order valence-corrected chi connectivity index (χ1v) is 13.2. The van der Waals surface area contributed by atoms with Gasteiger partial charge in [-0.25, -0.2) is 0 Å². The zero-order chi connectivity index (χ0) is 27.7. The van der Waals surface area contributed by atoms with Crippen molar-refractivity contribution in [3.05, 3.63) is 65.7 Å². The molecular weight excluding hydrogens is 498 g/mol. The molecule has 11 heteroatoms. The van der Waals surface area contributed by atoms with Gasteiger partial charge in [0.05, 0.1) is 33.5 Å². The number of ether oxygens (including phenoxy) is 3. The summed E-state index contributed by atoms with van der Waals surface area (Å²) in [7, 11) is 1.66. The van der Waals surface area contributed by atoms with E-state index in [0.29, 0.717) is 69.5 Å². The van der Waals surface area contributed by atoms with Gasteiger partial charge in [-0.1, -0.05) is 30.3 Å². The number of nitrogens with zero attached hydrogens (tertiary/aromatic N) is 3. The van der Waals surface area contributed by atoms with Crippen molar-refractivity contribution in [2.75, 3.05) is 69.1 Å². The number of rotatable bonds is 18. The van der Waals surface area contributed by atoms with Gasteiger partial charge in [0.25, 0.3) is 5.91 Å². The smallest absolute Gasteiger partial charge is 0.251 e. The number of carbonyl (C=O) groups excluding carboxylic acids is 1. The van der Waals surface area contributed by atoms with E-state index in [0.717, 1.165) is 12.2 Å². The Morgan fingerprint density at radius 2 is 1.38 bits per heavy atom. The summed E-state index contributed by atoms with van der Waals surface area (Å²) < 4.78 is 16.4. The molecule has 210 valence electrons. The van der Waals surface area contributed by atoms with Crippen molar-refractivity contribution in [3.8, 4) is 5.75 Å². The van der Waals surface area contributed by atoms with Gasteiger partial charge in [-0.05, 0) is 50.1 Å². The van der Waals surface area contributed by atoms with E-state index in [2.05, 4.69) is 36.2 Å². The van der Waals surface area contributed by atoms with Crippen molar-refractivity contribution < 1.29 is 19.0 Å². The first-order chi connectivity index (χ1) is 19.0. The quantitative estimate of drug-likeness (QED) is 0.179. The van der Waals surface area contributed by atoms with Crippen LogP contribution in [0.4, 0.5) is 17.8 Å². The molecule has 0 unspecified atom stereocenters. The monoisotopic (exact) mass is 537 g/mol. The molecule has 0 fully saturated rings. The molecule has 3 rings (SSSR count). The predicted octanol–water partition coefficient (Wildman–Crippen LogP) is 3.23. The molecule has 0 saturated heterocycles. The zero-order valence-corrected chi connectivity index (χ0v) is 22.9. The Hall–Kier alpha value is -3.96. The maximum Gasteiger partial charge on any atom is 0.251 e. The zero-order valence-electron chi connectivity index (χ0n) is 22.9. The van der Waals surface area contributed by atoms with E-state index in [9.17, 15) is 4.79 Å². The molecule has 1 amide bonds. The van der Waals surface area contributed by atoms with Crippen LogP contribution in [0.2, 0.25) is 0 Å². The molecule has 0 radical (unpaired) electrons. The summed E-state index contributed by atoms with van der Waals surface area (Å²) in [6, 6.07) is 17.3. The number of anilines is 3. The minimum Gasteiger partial charge on any atom is -0.497 e. The average molecular weight is 538 g/mol. The van der Waals surface area contributed by atoms with E-state index in [1.54, 1.807) is 19.2 Å². The lowest BCUT2D eigenvalue weighted by atomic mass is 10.1. The standard InChI is InChI=1S/C28H39N7O4/c1-21(2)32-28-34-26(30-14-13-22-9-11-24(37-3)12-10-22)33-27(35-28)31-16-18-39-20-19-38-17-15-29-25(36)23-7-5-4-6-8-23/h4-12,21H,13-20H2,1-3H3,(H,29,36)(H3,30,31,32,33,34,35). The first-order valence-electron chi connectivity index (χ1n) is 13.2. The Balaban J connectivity index is 1.32. The van der Waals surface area contributed by atoms with Crippen molar-refractivity contribution in [3.63, 3.8) is 0 Å². The lowest BCUT2D eigenvalue weighted by Crippen LogP contribution is -2.27. The molecule has 3 aromatic rings. The maximum atomic E-state index is 12.0. The lowest BCUT2D eigenvalue weighted by molar-refractivity contribution is 0.0519. The molecule has 0 aliphatic carbocycles. The molecule has 2 aromatic carbocycles. The van der Waals surface area contributed by atoms with Crippen molar-refractivity contribution >= 4 is 23.8 Å². The van der Waals surface area contributed by atoms with Crippen LogP contribution >= 0.6 is 0 Å². The van der Waals surface area contributed by atoms with Crippen LogP contribution in [0.3, 0.4) is 0 Å². The van der Waals surface area contributed by atoms with Gasteiger partial charge in [0.15, 0.2) is 0 Å². The number of nitrogens with one attached hydrogen (secondary N) is 4. The van der Waals surface area contributed by atoms with Gasteiger partial charge in [0.2, 0.25) is 17.8 Å². The normalized spacial score (nSPS) is 10.8. The Labute approximate surface area is 230 Å². The van der Waals surface area contributed by atoms with Gasteiger partial charge in [-0.15, -0.1) is 0 Å². The fourth-order valence-electron chi connectivity index (χ4n) is 3.45. The highest BCUT2D eigenvalue weighted by molar-refractivity contribution is 5.94. The second kappa shape index (κ2) is 16.8. The summed E-state index contributed by atoms with van der Waals surface area (Å²) in [6.07, 6.45) is 0.820. The summed E-state index contributed by atoms with van der Waals surface area (Å²) in [5.74, 6) is 2.20. The predicted molar refractivity (Wildman–Crippen MR) is 153 cm³/mol. The van der Waals surface area contributed by atoms with Crippen LogP contribution in [0.25, 0.3) is 0 Å². The molecular formula is C28H39N7O4. The molecule has 0 spiro atoms. The van der Waals surface area contributed by atoms with Gasteiger partial charge in [0.1, 0.15) is 5.75 Å². The van der Waals surface area contributed by atoms with Gasteiger partial charge in [-0.2, -0.15) is 15.0 Å². The average Bonchev–Trinajstić information content (AvgIpc) is 2.94. The van der Waals surface area contributed by atoms with E-state index in [4.69, 9.17) is 14.2 Å². The summed E-state index contributed by atoms with van der Waals surface area (Å²) >= 11 is 0. The Kier molecular flexibility index (Phi) is 12.7. The summed E-state index contributed by atoms with van der Waals surface area (Å²) in [5, 5.41) is 12.5. The third-order valence-electron chi connectivity index (χ3n) is 5.38. The molecule has 1 heterocycles. The van der Waals surface area contributed by atoms with E-state index in [-0.39, 0.29) is 11.9 Å². The van der Waals surface area contributed by atoms with Crippen molar-refractivity contribution in [2.45, 2.75) is 26.3 Å².